The van der Waals surface area contributed by atoms with E-state index >= 15 is 0 Å². The van der Waals surface area contributed by atoms with Crippen LogP contribution in [0.5, 0.6) is 0 Å². The Morgan fingerprint density at radius 3 is 2.62 bits per heavy atom. The Morgan fingerprint density at radius 1 is 1.54 bits per heavy atom. The molecule has 1 aromatic heterocycles. The van der Waals surface area contributed by atoms with Gasteiger partial charge in [0.25, 0.3) is 5.69 Å². The number of nitrogens with zero attached hydrogens (tertiary/aromatic N) is 2. The molecule has 0 amide bonds. The summed E-state index contributed by atoms with van der Waals surface area (Å²) >= 11 is 0. The van der Waals surface area contributed by atoms with E-state index in [2.05, 4.69) is 0 Å². The third-order valence-electron chi connectivity index (χ3n) is 1.76. The normalized spacial score (nSPS) is 10.4. The van der Waals surface area contributed by atoms with Gasteiger partial charge in [0.05, 0.1) is 16.6 Å². The number of hydrogen-bond donors (Lipinski definition) is 0. The first-order valence-electron chi connectivity index (χ1n) is 3.89. The summed E-state index contributed by atoms with van der Waals surface area (Å²) in [7, 11) is 0. The first kappa shape index (κ1) is 9.44. The molecule has 0 bridgehead atoms. The average Bonchev–Trinajstić information content (AvgIpc) is 2.03. The molecule has 0 saturated carbocycles. The monoisotopic (exact) mass is 182 g/mol. The van der Waals surface area contributed by atoms with Gasteiger partial charge >= 0.3 is 0 Å². The molecule has 1 aromatic rings. The molecule has 5 heteroatoms. The van der Waals surface area contributed by atoms with Crippen molar-refractivity contribution in [2.45, 2.75) is 19.8 Å². The molecule has 0 N–H and O–H groups in total. The van der Waals surface area contributed by atoms with Crippen LogP contribution >= 0.6 is 0 Å². The number of aromatic nitrogens is 1. The van der Waals surface area contributed by atoms with Gasteiger partial charge in [0.2, 0.25) is 0 Å². The molecule has 70 valence electrons. The summed E-state index contributed by atoms with van der Waals surface area (Å²) < 4.78 is 0.572. The van der Waals surface area contributed by atoms with Crippen molar-refractivity contribution < 1.29 is 9.65 Å². The maximum absolute atomic E-state index is 10.9. The predicted octanol–water partition coefficient (Wildman–Crippen LogP) is 1.35. The fourth-order valence-electron chi connectivity index (χ4n) is 1.10. The van der Waals surface area contributed by atoms with Gasteiger partial charge in [-0.25, -0.2) is 0 Å². The van der Waals surface area contributed by atoms with Gasteiger partial charge in [0.15, 0.2) is 12.4 Å². The van der Waals surface area contributed by atoms with Crippen molar-refractivity contribution in [2.24, 2.45) is 0 Å². The quantitative estimate of drug-likeness (QED) is 0.300. The Morgan fingerprint density at radius 2 is 2.15 bits per heavy atom. The smallest absolute Gasteiger partial charge is 0.284 e. The highest BCUT2D eigenvalue weighted by Gasteiger charge is 2.19. The Kier molecular flexibility index (Phi) is 2.46. The zero-order chi connectivity index (χ0) is 10.0. The lowest BCUT2D eigenvalue weighted by Crippen LogP contribution is -2.25. The van der Waals surface area contributed by atoms with Gasteiger partial charge in [-0.15, -0.1) is 0 Å². The van der Waals surface area contributed by atoms with Crippen LogP contribution in [0.4, 0.5) is 5.69 Å². The molecule has 0 saturated heterocycles. The van der Waals surface area contributed by atoms with Crippen molar-refractivity contribution in [3.8, 4) is 0 Å². The van der Waals surface area contributed by atoms with E-state index in [4.69, 9.17) is 0 Å². The standard InChI is InChI=1S/C8H10N2O3/c1-6(2)7-5-9(11)4-3-8(7)10(12)13/h3-6H,1-2H3. The molecule has 1 heterocycles. The van der Waals surface area contributed by atoms with Crippen molar-refractivity contribution in [2.75, 3.05) is 0 Å². The van der Waals surface area contributed by atoms with Crippen LogP contribution in [0.25, 0.3) is 0 Å². The van der Waals surface area contributed by atoms with E-state index in [-0.39, 0.29) is 11.6 Å². The molecule has 0 fully saturated rings. The zero-order valence-corrected chi connectivity index (χ0v) is 7.43. The maximum atomic E-state index is 10.9. The van der Waals surface area contributed by atoms with Gasteiger partial charge in [-0.2, -0.15) is 4.73 Å². The van der Waals surface area contributed by atoms with Crippen LogP contribution in [0, 0.1) is 15.3 Å². The molecule has 5 nitrogen and oxygen atoms in total. The van der Waals surface area contributed by atoms with Gasteiger partial charge in [-0.3, -0.25) is 10.1 Å². The molecule has 0 aliphatic rings. The molecule has 1 rings (SSSR count). The van der Waals surface area contributed by atoms with Crippen LogP contribution in [0.3, 0.4) is 0 Å². The van der Waals surface area contributed by atoms with Crippen LogP contribution in [0.2, 0.25) is 0 Å². The Balaban J connectivity index is 3.26. The van der Waals surface area contributed by atoms with Crippen LogP contribution in [-0.4, -0.2) is 4.92 Å². The Bertz CT molecular complexity index is 336. The maximum Gasteiger partial charge on any atom is 0.284 e. The van der Waals surface area contributed by atoms with Gasteiger partial charge in [0.1, 0.15) is 0 Å². The van der Waals surface area contributed by atoms with E-state index in [0.717, 1.165) is 6.20 Å². The van der Waals surface area contributed by atoms with E-state index in [9.17, 15) is 15.3 Å². The molecule has 0 radical (unpaired) electrons. The van der Waals surface area contributed by atoms with Crippen LogP contribution in [-0.2, 0) is 0 Å². The highest BCUT2D eigenvalue weighted by atomic mass is 16.6. The van der Waals surface area contributed by atoms with E-state index in [1.807, 2.05) is 13.8 Å². The van der Waals surface area contributed by atoms with E-state index in [0.29, 0.717) is 10.3 Å². The molecule has 13 heavy (non-hydrogen) atoms. The molecule has 0 unspecified atom stereocenters. The third-order valence-corrected chi connectivity index (χ3v) is 1.76. The molecule has 0 aliphatic heterocycles. The lowest BCUT2D eigenvalue weighted by atomic mass is 10.0. The second kappa shape index (κ2) is 3.38. The number of nitro groups is 1. The number of hydrogen-bond acceptors (Lipinski definition) is 3. The Hall–Kier alpha value is -1.65. The van der Waals surface area contributed by atoms with Crippen molar-refractivity contribution >= 4 is 5.69 Å². The lowest BCUT2D eigenvalue weighted by molar-refractivity contribution is -0.606. The minimum Gasteiger partial charge on any atom is -0.619 e. The highest BCUT2D eigenvalue weighted by molar-refractivity contribution is 5.37. The molecule has 0 aromatic carbocycles. The molecular formula is C8H10N2O3. The summed E-state index contributed by atoms with van der Waals surface area (Å²) in [6.45, 7) is 3.62. The van der Waals surface area contributed by atoms with Crippen LogP contribution in [0.1, 0.15) is 25.3 Å². The first-order chi connectivity index (χ1) is 6.02. The summed E-state index contributed by atoms with van der Waals surface area (Å²) in [6, 6.07) is 1.22. The summed E-state index contributed by atoms with van der Waals surface area (Å²) in [5.74, 6) is -0.0261. The molecule has 0 spiro atoms. The lowest BCUT2D eigenvalue weighted by Gasteiger charge is -2.04. The van der Waals surface area contributed by atoms with Crippen molar-refractivity contribution in [1.29, 1.82) is 0 Å². The summed E-state index contributed by atoms with van der Waals surface area (Å²) in [5, 5.41) is 21.4. The fourth-order valence-corrected chi connectivity index (χ4v) is 1.10. The molecule has 0 atom stereocenters. The predicted molar refractivity (Wildman–Crippen MR) is 46.1 cm³/mol. The molecular weight excluding hydrogens is 172 g/mol. The second-order valence-corrected chi connectivity index (χ2v) is 3.06. The fraction of sp³-hybridized carbons (Fsp3) is 0.375. The SMILES string of the molecule is CC(C)c1c[n+]([O-])ccc1[N+](=O)[O-]. The van der Waals surface area contributed by atoms with Gasteiger partial charge in [0, 0.05) is 0 Å². The van der Waals surface area contributed by atoms with E-state index in [1.165, 1.54) is 12.3 Å². The van der Waals surface area contributed by atoms with Crippen LogP contribution in [0.15, 0.2) is 18.5 Å². The summed E-state index contributed by atoms with van der Waals surface area (Å²) in [4.78, 5) is 10.1. The van der Waals surface area contributed by atoms with Crippen molar-refractivity contribution in [3.63, 3.8) is 0 Å². The summed E-state index contributed by atoms with van der Waals surface area (Å²) in [6.07, 6.45) is 2.37. The van der Waals surface area contributed by atoms with Crippen LogP contribution < -0.4 is 4.73 Å². The Labute approximate surface area is 75.4 Å². The number of rotatable bonds is 2. The largest absolute Gasteiger partial charge is 0.619 e. The third kappa shape index (κ3) is 1.93. The van der Waals surface area contributed by atoms with E-state index in [1.54, 1.807) is 0 Å². The van der Waals surface area contributed by atoms with Crippen molar-refractivity contribution in [3.05, 3.63) is 39.3 Å². The average molecular weight is 182 g/mol. The van der Waals surface area contributed by atoms with Gasteiger partial charge < -0.3 is 5.21 Å². The highest BCUT2D eigenvalue weighted by Crippen LogP contribution is 2.23. The molecule has 0 aliphatic carbocycles. The van der Waals surface area contributed by atoms with Gasteiger partial charge in [-0.05, 0) is 5.92 Å². The first-order valence-corrected chi connectivity index (χ1v) is 3.89. The van der Waals surface area contributed by atoms with Gasteiger partial charge in [-0.1, -0.05) is 13.8 Å². The zero-order valence-electron chi connectivity index (χ0n) is 7.43. The van der Waals surface area contributed by atoms with E-state index < -0.39 is 4.92 Å². The summed E-state index contributed by atoms with van der Waals surface area (Å²) in [5.41, 5.74) is 0.463. The van der Waals surface area contributed by atoms with Crippen molar-refractivity contribution in [1.82, 2.24) is 0 Å². The number of pyridine rings is 1. The minimum absolute atomic E-state index is 0.00194. The minimum atomic E-state index is -0.477. The second-order valence-electron chi connectivity index (χ2n) is 3.06. The topological polar surface area (TPSA) is 70.1 Å².